The second kappa shape index (κ2) is 9.88. The van der Waals surface area contributed by atoms with Crippen molar-refractivity contribution in [3.8, 4) is 11.5 Å². The van der Waals surface area contributed by atoms with E-state index in [1.165, 1.54) is 0 Å². The van der Waals surface area contributed by atoms with Crippen LogP contribution in [0.2, 0.25) is 0 Å². The van der Waals surface area contributed by atoms with Gasteiger partial charge in [-0.15, -0.1) is 0 Å². The SMILES string of the molecule is CCc1noc(-c2cnc(C)nc2N2CCCC(C(=O)NCCCn3ccnc3C)C2)n1. The molecule has 1 aliphatic heterocycles. The number of rotatable bonds is 8. The molecule has 1 saturated heterocycles. The van der Waals surface area contributed by atoms with Gasteiger partial charge >= 0.3 is 0 Å². The van der Waals surface area contributed by atoms with Crippen LogP contribution in [0.25, 0.3) is 11.5 Å². The van der Waals surface area contributed by atoms with Crippen molar-refractivity contribution in [2.24, 2.45) is 5.92 Å². The van der Waals surface area contributed by atoms with Gasteiger partial charge in [-0.1, -0.05) is 12.1 Å². The Labute approximate surface area is 187 Å². The van der Waals surface area contributed by atoms with Gasteiger partial charge in [-0.2, -0.15) is 4.98 Å². The molecule has 1 aliphatic rings. The lowest BCUT2D eigenvalue weighted by atomic mass is 9.96. The lowest BCUT2D eigenvalue weighted by Gasteiger charge is -2.33. The first-order valence-corrected chi connectivity index (χ1v) is 11.2. The topological polar surface area (TPSA) is 115 Å². The highest BCUT2D eigenvalue weighted by Gasteiger charge is 2.29. The highest BCUT2D eigenvalue weighted by atomic mass is 16.5. The minimum Gasteiger partial charge on any atom is -0.356 e. The summed E-state index contributed by atoms with van der Waals surface area (Å²) in [6.45, 7) is 8.73. The van der Waals surface area contributed by atoms with Crippen LogP contribution in [-0.2, 0) is 17.8 Å². The monoisotopic (exact) mass is 438 g/mol. The molecule has 0 radical (unpaired) electrons. The number of anilines is 1. The maximum absolute atomic E-state index is 12.8. The molecule has 0 aromatic carbocycles. The van der Waals surface area contributed by atoms with Gasteiger partial charge in [-0.3, -0.25) is 4.79 Å². The van der Waals surface area contributed by atoms with E-state index in [-0.39, 0.29) is 11.8 Å². The fourth-order valence-electron chi connectivity index (χ4n) is 3.99. The summed E-state index contributed by atoms with van der Waals surface area (Å²) in [5.74, 6) is 3.47. The zero-order valence-corrected chi connectivity index (χ0v) is 18.9. The fraction of sp³-hybridized carbons (Fsp3) is 0.545. The molecule has 1 unspecified atom stereocenters. The first kappa shape index (κ1) is 21.9. The van der Waals surface area contributed by atoms with Gasteiger partial charge < -0.3 is 19.3 Å². The van der Waals surface area contributed by atoms with Crippen molar-refractivity contribution in [1.29, 1.82) is 0 Å². The number of carbonyl (C=O) groups excluding carboxylic acids is 1. The minimum atomic E-state index is -0.0873. The molecule has 0 bridgehead atoms. The summed E-state index contributed by atoms with van der Waals surface area (Å²) < 4.78 is 7.53. The van der Waals surface area contributed by atoms with Crippen LogP contribution in [0.3, 0.4) is 0 Å². The van der Waals surface area contributed by atoms with Gasteiger partial charge in [-0.05, 0) is 33.1 Å². The van der Waals surface area contributed by atoms with Crippen LogP contribution >= 0.6 is 0 Å². The van der Waals surface area contributed by atoms with E-state index >= 15 is 0 Å². The lowest BCUT2D eigenvalue weighted by molar-refractivity contribution is -0.125. The maximum Gasteiger partial charge on any atom is 0.263 e. The molecule has 10 nitrogen and oxygen atoms in total. The number of aryl methyl sites for hydroxylation is 4. The summed E-state index contributed by atoms with van der Waals surface area (Å²) in [4.78, 5) is 32.6. The third kappa shape index (κ3) is 4.95. The molecule has 10 heteroatoms. The molecule has 4 rings (SSSR count). The van der Waals surface area contributed by atoms with E-state index in [2.05, 4.69) is 39.9 Å². The summed E-state index contributed by atoms with van der Waals surface area (Å²) in [6.07, 6.45) is 8.83. The van der Waals surface area contributed by atoms with Crippen molar-refractivity contribution < 1.29 is 9.32 Å². The van der Waals surface area contributed by atoms with Gasteiger partial charge in [0.15, 0.2) is 5.82 Å². The maximum atomic E-state index is 12.8. The summed E-state index contributed by atoms with van der Waals surface area (Å²) in [5, 5.41) is 7.10. The molecule has 1 atom stereocenters. The number of nitrogens with zero attached hydrogens (tertiary/aromatic N) is 7. The zero-order chi connectivity index (χ0) is 22.5. The van der Waals surface area contributed by atoms with Crippen LogP contribution in [-0.4, -0.2) is 55.2 Å². The highest BCUT2D eigenvalue weighted by Crippen LogP contribution is 2.30. The quantitative estimate of drug-likeness (QED) is 0.533. The average molecular weight is 439 g/mol. The Bertz CT molecular complexity index is 1060. The minimum absolute atomic E-state index is 0.0873. The second-order valence-corrected chi connectivity index (χ2v) is 8.12. The number of nitrogens with one attached hydrogen (secondary N) is 1. The van der Waals surface area contributed by atoms with Crippen LogP contribution in [0, 0.1) is 19.8 Å². The van der Waals surface area contributed by atoms with Crippen LogP contribution < -0.4 is 10.2 Å². The molecular weight excluding hydrogens is 408 g/mol. The van der Waals surface area contributed by atoms with Crippen molar-refractivity contribution in [2.45, 2.75) is 53.0 Å². The molecule has 3 aromatic heterocycles. The van der Waals surface area contributed by atoms with E-state index in [0.717, 1.165) is 44.0 Å². The molecule has 0 saturated carbocycles. The normalized spacial score (nSPS) is 16.3. The van der Waals surface area contributed by atoms with Crippen LogP contribution in [0.4, 0.5) is 5.82 Å². The number of piperidine rings is 1. The molecule has 4 heterocycles. The number of aromatic nitrogens is 6. The molecule has 1 N–H and O–H groups in total. The summed E-state index contributed by atoms with van der Waals surface area (Å²) in [5.41, 5.74) is 0.708. The Morgan fingerprint density at radius 2 is 2.16 bits per heavy atom. The van der Waals surface area contributed by atoms with Crippen molar-refractivity contribution in [1.82, 2.24) is 35.0 Å². The third-order valence-corrected chi connectivity index (χ3v) is 5.79. The number of imidazole rings is 1. The van der Waals surface area contributed by atoms with Gasteiger partial charge in [0.05, 0.1) is 5.92 Å². The summed E-state index contributed by atoms with van der Waals surface area (Å²) in [7, 11) is 0. The second-order valence-electron chi connectivity index (χ2n) is 8.12. The van der Waals surface area contributed by atoms with E-state index in [1.54, 1.807) is 12.4 Å². The van der Waals surface area contributed by atoms with E-state index < -0.39 is 0 Å². The van der Waals surface area contributed by atoms with Crippen molar-refractivity contribution >= 4 is 11.7 Å². The lowest BCUT2D eigenvalue weighted by Crippen LogP contribution is -2.44. The average Bonchev–Trinajstić information content (AvgIpc) is 3.45. The molecule has 0 aliphatic carbocycles. The largest absolute Gasteiger partial charge is 0.356 e. The number of hydrogen-bond donors (Lipinski definition) is 1. The van der Waals surface area contributed by atoms with Crippen LogP contribution in [0.15, 0.2) is 23.1 Å². The van der Waals surface area contributed by atoms with Crippen LogP contribution in [0.1, 0.15) is 43.7 Å². The van der Waals surface area contributed by atoms with Gasteiger partial charge in [0.1, 0.15) is 23.0 Å². The van der Waals surface area contributed by atoms with E-state index in [9.17, 15) is 4.79 Å². The molecule has 32 heavy (non-hydrogen) atoms. The van der Waals surface area contributed by atoms with Gasteiger partial charge in [0, 0.05) is 51.2 Å². The molecular formula is C22H30N8O2. The van der Waals surface area contributed by atoms with Gasteiger partial charge in [0.25, 0.3) is 5.89 Å². The predicted octanol–water partition coefficient (Wildman–Crippen LogP) is 2.33. The smallest absolute Gasteiger partial charge is 0.263 e. The Kier molecular flexibility index (Phi) is 6.77. The Morgan fingerprint density at radius 1 is 1.28 bits per heavy atom. The van der Waals surface area contributed by atoms with E-state index in [1.807, 2.05) is 27.0 Å². The zero-order valence-electron chi connectivity index (χ0n) is 18.9. The molecule has 0 spiro atoms. The molecule has 1 amide bonds. The highest BCUT2D eigenvalue weighted by molar-refractivity contribution is 5.80. The molecule has 1 fully saturated rings. The van der Waals surface area contributed by atoms with Crippen molar-refractivity contribution in [2.75, 3.05) is 24.5 Å². The fourth-order valence-corrected chi connectivity index (χ4v) is 3.99. The summed E-state index contributed by atoms with van der Waals surface area (Å²) in [6, 6.07) is 0. The van der Waals surface area contributed by atoms with E-state index in [0.29, 0.717) is 42.6 Å². The van der Waals surface area contributed by atoms with E-state index in [4.69, 9.17) is 4.52 Å². The summed E-state index contributed by atoms with van der Waals surface area (Å²) >= 11 is 0. The number of carbonyl (C=O) groups is 1. The first-order chi connectivity index (χ1) is 15.5. The number of amides is 1. The van der Waals surface area contributed by atoms with Crippen molar-refractivity contribution in [3.05, 3.63) is 36.1 Å². The molecule has 3 aromatic rings. The van der Waals surface area contributed by atoms with Crippen molar-refractivity contribution in [3.63, 3.8) is 0 Å². The van der Waals surface area contributed by atoms with Crippen LogP contribution in [0.5, 0.6) is 0 Å². The van der Waals surface area contributed by atoms with Gasteiger partial charge in [-0.25, -0.2) is 15.0 Å². The Balaban J connectivity index is 1.39. The van der Waals surface area contributed by atoms with Gasteiger partial charge in [0.2, 0.25) is 5.91 Å². The third-order valence-electron chi connectivity index (χ3n) is 5.79. The number of hydrogen-bond acceptors (Lipinski definition) is 8. The Morgan fingerprint density at radius 3 is 2.91 bits per heavy atom. The molecule has 170 valence electrons. The Hall–Kier alpha value is -3.30. The standard InChI is InChI=1S/C22H30N8O2/c1-4-19-27-22(32-28-19)18-13-25-15(2)26-20(18)30-10-5-7-17(14-30)21(31)24-8-6-11-29-12-9-23-16(29)3/h9,12-13,17H,4-8,10-11,14H2,1-3H3,(H,24,31). The first-order valence-electron chi connectivity index (χ1n) is 11.2. The predicted molar refractivity (Wildman–Crippen MR) is 119 cm³/mol.